The summed E-state index contributed by atoms with van der Waals surface area (Å²) < 4.78 is 1.13. The number of hydrogen-bond donors (Lipinski definition) is 0. The molecule has 84 valence electrons. The Hall–Kier alpha value is -1.03. The molecule has 1 unspecified atom stereocenters. The molecule has 1 aromatic carbocycles. The zero-order valence-electron chi connectivity index (χ0n) is 8.90. The van der Waals surface area contributed by atoms with Gasteiger partial charge in [-0.25, -0.2) is 0 Å². The molecule has 2 aliphatic rings. The van der Waals surface area contributed by atoms with Crippen molar-refractivity contribution in [2.45, 2.75) is 12.3 Å². The van der Waals surface area contributed by atoms with E-state index in [2.05, 4.69) is 50.3 Å². The first-order valence-corrected chi connectivity index (χ1v) is 6.31. The van der Waals surface area contributed by atoms with E-state index in [1.54, 1.807) is 0 Å². The molecular formula is C12H13BrN2O. The summed E-state index contributed by atoms with van der Waals surface area (Å²) in [6, 6.07) is 8.58. The summed E-state index contributed by atoms with van der Waals surface area (Å²) in [6.07, 6.45) is 1.00. The van der Waals surface area contributed by atoms with E-state index in [1.165, 1.54) is 5.56 Å². The number of nitrogens with zero attached hydrogens (tertiary/aromatic N) is 2. The molecule has 0 N–H and O–H groups in total. The molecule has 3 nitrogen and oxygen atoms in total. The lowest BCUT2D eigenvalue weighted by molar-refractivity contribution is 0.106. The summed E-state index contributed by atoms with van der Waals surface area (Å²) in [4.78, 5) is 7.46. The van der Waals surface area contributed by atoms with Crippen LogP contribution in [0.3, 0.4) is 0 Å². The SMILES string of the molecule is Brc1ccc(C2CC3=NOCCN3C2)cc1. The molecule has 0 aromatic heterocycles. The fourth-order valence-electron chi connectivity index (χ4n) is 2.33. The highest BCUT2D eigenvalue weighted by Gasteiger charge is 2.30. The first kappa shape index (κ1) is 10.1. The molecule has 16 heavy (non-hydrogen) atoms. The molecule has 2 aliphatic heterocycles. The van der Waals surface area contributed by atoms with Crippen LogP contribution in [0.2, 0.25) is 0 Å². The molecular weight excluding hydrogens is 268 g/mol. The summed E-state index contributed by atoms with van der Waals surface area (Å²) in [5.74, 6) is 1.67. The van der Waals surface area contributed by atoms with Gasteiger partial charge in [-0.3, -0.25) is 0 Å². The number of benzene rings is 1. The largest absolute Gasteiger partial charge is 0.392 e. The van der Waals surface area contributed by atoms with Crippen LogP contribution < -0.4 is 0 Å². The van der Waals surface area contributed by atoms with Crippen molar-refractivity contribution in [1.82, 2.24) is 4.90 Å². The molecule has 1 aromatic rings. The highest BCUT2D eigenvalue weighted by molar-refractivity contribution is 9.10. The van der Waals surface area contributed by atoms with E-state index in [1.807, 2.05) is 0 Å². The standard InChI is InChI=1S/C12H13BrN2O/c13-11-3-1-9(2-4-11)10-7-12-14-16-6-5-15(12)8-10/h1-4,10H,5-8H2. The van der Waals surface area contributed by atoms with E-state index >= 15 is 0 Å². The van der Waals surface area contributed by atoms with Crippen molar-refractivity contribution in [2.24, 2.45) is 5.16 Å². The van der Waals surface area contributed by atoms with Gasteiger partial charge in [-0.05, 0) is 17.7 Å². The van der Waals surface area contributed by atoms with Gasteiger partial charge in [0.1, 0.15) is 12.4 Å². The van der Waals surface area contributed by atoms with Crippen LogP contribution in [0.1, 0.15) is 17.9 Å². The predicted molar refractivity (Wildman–Crippen MR) is 66.5 cm³/mol. The fraction of sp³-hybridized carbons (Fsp3) is 0.417. The minimum absolute atomic E-state index is 0.563. The van der Waals surface area contributed by atoms with Crippen molar-refractivity contribution in [3.8, 4) is 0 Å². The fourth-order valence-corrected chi connectivity index (χ4v) is 2.59. The predicted octanol–water partition coefficient (Wildman–Crippen LogP) is 2.58. The van der Waals surface area contributed by atoms with E-state index in [0.29, 0.717) is 5.92 Å². The molecule has 4 heteroatoms. The molecule has 0 amide bonds. The van der Waals surface area contributed by atoms with E-state index in [-0.39, 0.29) is 0 Å². The maximum atomic E-state index is 5.13. The van der Waals surface area contributed by atoms with Gasteiger partial charge in [0.2, 0.25) is 0 Å². The molecule has 0 saturated carbocycles. The Morgan fingerprint density at radius 3 is 2.88 bits per heavy atom. The Morgan fingerprint density at radius 2 is 2.12 bits per heavy atom. The molecule has 0 radical (unpaired) electrons. The van der Waals surface area contributed by atoms with E-state index in [0.717, 1.165) is 36.4 Å². The van der Waals surface area contributed by atoms with Crippen LogP contribution in [-0.2, 0) is 4.84 Å². The van der Waals surface area contributed by atoms with Gasteiger partial charge in [0.05, 0.1) is 6.54 Å². The Labute approximate surface area is 103 Å². The van der Waals surface area contributed by atoms with Gasteiger partial charge in [-0.1, -0.05) is 33.2 Å². The summed E-state index contributed by atoms with van der Waals surface area (Å²) in [5.41, 5.74) is 1.39. The van der Waals surface area contributed by atoms with Crippen molar-refractivity contribution in [3.05, 3.63) is 34.3 Å². The maximum absolute atomic E-state index is 5.13. The Bertz CT molecular complexity index is 416. The van der Waals surface area contributed by atoms with Crippen LogP contribution in [0.15, 0.2) is 33.9 Å². The van der Waals surface area contributed by atoms with Gasteiger partial charge < -0.3 is 9.74 Å². The summed E-state index contributed by atoms with van der Waals surface area (Å²) in [7, 11) is 0. The number of halogens is 1. The van der Waals surface area contributed by atoms with Crippen molar-refractivity contribution in [2.75, 3.05) is 19.7 Å². The third-order valence-electron chi connectivity index (χ3n) is 3.20. The summed E-state index contributed by atoms with van der Waals surface area (Å²) in [6.45, 7) is 2.77. The van der Waals surface area contributed by atoms with Gasteiger partial charge in [0.25, 0.3) is 0 Å². The third-order valence-corrected chi connectivity index (χ3v) is 3.73. The lowest BCUT2D eigenvalue weighted by Gasteiger charge is -2.21. The molecule has 0 spiro atoms. The average molecular weight is 281 g/mol. The Balaban J connectivity index is 1.80. The number of rotatable bonds is 1. The van der Waals surface area contributed by atoms with Crippen LogP contribution in [0.4, 0.5) is 0 Å². The normalized spacial score (nSPS) is 23.7. The quantitative estimate of drug-likeness (QED) is 0.790. The Morgan fingerprint density at radius 1 is 1.31 bits per heavy atom. The number of amidine groups is 1. The second kappa shape index (κ2) is 4.09. The molecule has 0 aliphatic carbocycles. The van der Waals surface area contributed by atoms with Crippen LogP contribution in [0.25, 0.3) is 0 Å². The second-order valence-electron chi connectivity index (χ2n) is 4.24. The van der Waals surface area contributed by atoms with Gasteiger partial charge in [0, 0.05) is 23.4 Å². The molecule has 1 fully saturated rings. The van der Waals surface area contributed by atoms with Gasteiger partial charge in [-0.15, -0.1) is 0 Å². The molecule has 1 atom stereocenters. The third kappa shape index (κ3) is 1.82. The highest BCUT2D eigenvalue weighted by atomic mass is 79.9. The van der Waals surface area contributed by atoms with E-state index in [4.69, 9.17) is 4.84 Å². The van der Waals surface area contributed by atoms with E-state index < -0.39 is 0 Å². The van der Waals surface area contributed by atoms with Gasteiger partial charge in [-0.2, -0.15) is 0 Å². The van der Waals surface area contributed by atoms with Crippen molar-refractivity contribution in [1.29, 1.82) is 0 Å². The highest BCUT2D eigenvalue weighted by Crippen LogP contribution is 2.30. The maximum Gasteiger partial charge on any atom is 0.145 e. The summed E-state index contributed by atoms with van der Waals surface area (Å²) in [5, 5.41) is 4.12. The van der Waals surface area contributed by atoms with Crippen LogP contribution in [0, 0.1) is 0 Å². The summed E-state index contributed by atoms with van der Waals surface area (Å²) >= 11 is 3.46. The molecule has 1 saturated heterocycles. The zero-order chi connectivity index (χ0) is 11.0. The second-order valence-corrected chi connectivity index (χ2v) is 5.16. The Kier molecular flexibility index (Phi) is 2.59. The number of oxime groups is 1. The smallest absolute Gasteiger partial charge is 0.145 e. The monoisotopic (exact) mass is 280 g/mol. The van der Waals surface area contributed by atoms with Crippen LogP contribution in [-0.4, -0.2) is 30.4 Å². The molecule has 0 bridgehead atoms. The van der Waals surface area contributed by atoms with Crippen molar-refractivity contribution < 1.29 is 4.84 Å². The van der Waals surface area contributed by atoms with Crippen molar-refractivity contribution >= 4 is 21.8 Å². The van der Waals surface area contributed by atoms with Crippen molar-refractivity contribution in [3.63, 3.8) is 0 Å². The number of hydrogen-bond acceptors (Lipinski definition) is 3. The minimum atomic E-state index is 0.563. The average Bonchev–Trinajstić information content (AvgIpc) is 2.73. The first-order valence-electron chi connectivity index (χ1n) is 5.52. The molecule has 3 rings (SSSR count). The number of fused-ring (bicyclic) bond motifs is 1. The first-order chi connectivity index (χ1) is 7.83. The van der Waals surface area contributed by atoms with Crippen LogP contribution >= 0.6 is 15.9 Å². The lowest BCUT2D eigenvalue weighted by Crippen LogP contribution is -2.32. The van der Waals surface area contributed by atoms with Gasteiger partial charge >= 0.3 is 0 Å². The molecule has 2 heterocycles. The van der Waals surface area contributed by atoms with E-state index in [9.17, 15) is 0 Å². The lowest BCUT2D eigenvalue weighted by atomic mass is 9.98. The minimum Gasteiger partial charge on any atom is -0.392 e. The van der Waals surface area contributed by atoms with Gasteiger partial charge in [0.15, 0.2) is 0 Å². The topological polar surface area (TPSA) is 24.8 Å². The van der Waals surface area contributed by atoms with Crippen LogP contribution in [0.5, 0.6) is 0 Å². The zero-order valence-corrected chi connectivity index (χ0v) is 10.5.